The summed E-state index contributed by atoms with van der Waals surface area (Å²) in [5, 5.41) is 11.9. The lowest BCUT2D eigenvalue weighted by Crippen LogP contribution is -2.46. The summed E-state index contributed by atoms with van der Waals surface area (Å²) in [6.07, 6.45) is 3.50. The van der Waals surface area contributed by atoms with E-state index in [9.17, 15) is 9.59 Å². The molecule has 1 aliphatic carbocycles. The molecule has 0 radical (unpaired) electrons. The number of carboxylic acid groups (broad SMARTS) is 1. The van der Waals surface area contributed by atoms with Gasteiger partial charge in [-0.3, -0.25) is 9.59 Å². The Kier molecular flexibility index (Phi) is 4.18. The lowest BCUT2D eigenvalue weighted by Gasteiger charge is -2.32. The number of nitrogens with zero attached hydrogens (tertiary/aromatic N) is 1. The number of anilines is 1. The first-order valence-corrected chi connectivity index (χ1v) is 8.97. The van der Waals surface area contributed by atoms with Gasteiger partial charge in [-0.2, -0.15) is 0 Å². The van der Waals surface area contributed by atoms with Gasteiger partial charge in [0.1, 0.15) is 5.76 Å². The van der Waals surface area contributed by atoms with Gasteiger partial charge >= 0.3 is 5.97 Å². The van der Waals surface area contributed by atoms with Gasteiger partial charge in [0.2, 0.25) is 0 Å². The van der Waals surface area contributed by atoms with Crippen LogP contribution >= 0.6 is 0 Å². The van der Waals surface area contributed by atoms with Crippen LogP contribution < -0.4 is 10.2 Å². The average Bonchev–Trinajstić information content (AvgIpc) is 3.15. The molecule has 6 nitrogen and oxygen atoms in total. The van der Waals surface area contributed by atoms with Crippen LogP contribution in [0.15, 0.2) is 41.0 Å². The summed E-state index contributed by atoms with van der Waals surface area (Å²) in [5.41, 5.74) is 3.03. The SMILES string of the molecule is CC1Cc2ccccc2N1Cc1occc1C(=O)NC1CC(C(=O)O)C1. The molecule has 1 saturated carbocycles. The van der Waals surface area contributed by atoms with E-state index in [1.54, 1.807) is 6.07 Å². The maximum atomic E-state index is 12.6. The number of furan rings is 1. The maximum Gasteiger partial charge on any atom is 0.306 e. The molecule has 1 aromatic heterocycles. The first-order valence-electron chi connectivity index (χ1n) is 8.97. The van der Waals surface area contributed by atoms with Crippen LogP contribution in [0.4, 0.5) is 5.69 Å². The Morgan fingerprint density at radius 3 is 2.81 bits per heavy atom. The highest BCUT2D eigenvalue weighted by Crippen LogP contribution is 2.34. The van der Waals surface area contributed by atoms with Gasteiger partial charge in [0.25, 0.3) is 5.91 Å². The van der Waals surface area contributed by atoms with E-state index in [2.05, 4.69) is 29.3 Å². The van der Waals surface area contributed by atoms with Crippen molar-refractivity contribution in [2.45, 2.75) is 44.8 Å². The van der Waals surface area contributed by atoms with Crippen LogP contribution in [0, 0.1) is 5.92 Å². The summed E-state index contributed by atoms with van der Waals surface area (Å²) in [4.78, 5) is 25.7. The fraction of sp³-hybridized carbons (Fsp3) is 0.400. The molecule has 1 fully saturated rings. The number of hydrogen-bond acceptors (Lipinski definition) is 4. The maximum absolute atomic E-state index is 12.6. The number of aliphatic carboxylic acids is 1. The van der Waals surface area contributed by atoms with E-state index in [1.165, 1.54) is 17.5 Å². The zero-order valence-corrected chi connectivity index (χ0v) is 14.6. The summed E-state index contributed by atoms with van der Waals surface area (Å²) in [6.45, 7) is 2.71. The molecule has 2 aromatic rings. The van der Waals surface area contributed by atoms with E-state index in [-0.39, 0.29) is 17.9 Å². The zero-order chi connectivity index (χ0) is 18.3. The van der Waals surface area contributed by atoms with Gasteiger partial charge < -0.3 is 19.7 Å². The molecule has 1 unspecified atom stereocenters. The number of carbonyl (C=O) groups excluding carboxylic acids is 1. The van der Waals surface area contributed by atoms with Crippen LogP contribution in [-0.4, -0.2) is 29.1 Å². The van der Waals surface area contributed by atoms with Crippen LogP contribution in [0.1, 0.15) is 41.4 Å². The molecule has 136 valence electrons. The molecule has 2 heterocycles. The summed E-state index contributed by atoms with van der Waals surface area (Å²) in [6, 6.07) is 10.3. The number of benzene rings is 1. The third-order valence-corrected chi connectivity index (χ3v) is 5.47. The minimum Gasteiger partial charge on any atom is -0.481 e. The molecule has 0 saturated heterocycles. The van der Waals surface area contributed by atoms with Gasteiger partial charge in [-0.15, -0.1) is 0 Å². The second kappa shape index (κ2) is 6.52. The quantitative estimate of drug-likeness (QED) is 0.863. The number of para-hydroxylation sites is 1. The fourth-order valence-electron chi connectivity index (χ4n) is 3.89. The summed E-state index contributed by atoms with van der Waals surface area (Å²) in [5.74, 6) is -0.685. The second-order valence-electron chi connectivity index (χ2n) is 7.24. The van der Waals surface area contributed by atoms with Gasteiger partial charge in [0, 0.05) is 17.8 Å². The molecule has 1 amide bonds. The zero-order valence-electron chi connectivity index (χ0n) is 14.6. The topological polar surface area (TPSA) is 82.8 Å². The van der Waals surface area contributed by atoms with Gasteiger partial charge in [-0.05, 0) is 43.9 Å². The molecular weight excluding hydrogens is 332 g/mol. The predicted octanol–water partition coefficient (Wildman–Crippen LogP) is 2.82. The van der Waals surface area contributed by atoms with Crippen molar-refractivity contribution >= 4 is 17.6 Å². The number of rotatable bonds is 5. The summed E-state index contributed by atoms with van der Waals surface area (Å²) < 4.78 is 5.61. The normalized spacial score (nSPS) is 24.0. The van der Waals surface area contributed by atoms with Gasteiger partial charge in [-0.25, -0.2) is 0 Å². The smallest absolute Gasteiger partial charge is 0.306 e. The molecule has 1 aromatic carbocycles. The van der Waals surface area contributed by atoms with Gasteiger partial charge in [0.15, 0.2) is 0 Å². The van der Waals surface area contributed by atoms with Gasteiger partial charge in [-0.1, -0.05) is 18.2 Å². The highest BCUT2D eigenvalue weighted by Gasteiger charge is 2.36. The highest BCUT2D eigenvalue weighted by atomic mass is 16.4. The highest BCUT2D eigenvalue weighted by molar-refractivity contribution is 5.95. The molecule has 0 bridgehead atoms. The van der Waals surface area contributed by atoms with Crippen molar-refractivity contribution in [2.75, 3.05) is 4.90 Å². The van der Waals surface area contributed by atoms with E-state index in [0.29, 0.717) is 36.8 Å². The van der Waals surface area contributed by atoms with Crippen molar-refractivity contribution in [1.82, 2.24) is 5.32 Å². The average molecular weight is 354 g/mol. The van der Waals surface area contributed by atoms with Gasteiger partial charge in [0.05, 0.1) is 24.3 Å². The number of amides is 1. The molecule has 1 atom stereocenters. The second-order valence-corrected chi connectivity index (χ2v) is 7.24. The van der Waals surface area contributed by atoms with E-state index in [1.807, 2.05) is 12.1 Å². The largest absolute Gasteiger partial charge is 0.481 e. The third kappa shape index (κ3) is 2.96. The van der Waals surface area contributed by atoms with Crippen molar-refractivity contribution < 1.29 is 19.1 Å². The van der Waals surface area contributed by atoms with Crippen LogP contribution in [0.2, 0.25) is 0 Å². The van der Waals surface area contributed by atoms with E-state index in [4.69, 9.17) is 9.52 Å². The summed E-state index contributed by atoms with van der Waals surface area (Å²) in [7, 11) is 0. The number of hydrogen-bond donors (Lipinski definition) is 2. The van der Waals surface area contributed by atoms with Crippen LogP contribution in [-0.2, 0) is 17.8 Å². The molecule has 26 heavy (non-hydrogen) atoms. The Bertz CT molecular complexity index is 838. The van der Waals surface area contributed by atoms with E-state index >= 15 is 0 Å². The molecule has 2 N–H and O–H groups in total. The molecular formula is C20H22N2O4. The standard InChI is InChI=1S/C20H22N2O4/c1-12-8-13-4-2-3-5-17(13)22(12)11-18-16(6-7-26-18)19(23)21-15-9-14(10-15)20(24)25/h2-7,12,14-15H,8-11H2,1H3,(H,21,23)(H,24,25). The Morgan fingerprint density at radius 1 is 1.27 bits per heavy atom. The monoisotopic (exact) mass is 354 g/mol. The van der Waals surface area contributed by atoms with Crippen molar-refractivity contribution in [3.63, 3.8) is 0 Å². The number of nitrogens with one attached hydrogen (secondary N) is 1. The summed E-state index contributed by atoms with van der Waals surface area (Å²) >= 11 is 0. The van der Waals surface area contributed by atoms with E-state index in [0.717, 1.165) is 6.42 Å². The minimum atomic E-state index is -0.791. The third-order valence-electron chi connectivity index (χ3n) is 5.47. The number of fused-ring (bicyclic) bond motifs is 1. The first-order chi connectivity index (χ1) is 12.5. The van der Waals surface area contributed by atoms with Crippen molar-refractivity contribution in [1.29, 1.82) is 0 Å². The predicted molar refractivity (Wildman–Crippen MR) is 96.1 cm³/mol. The Hall–Kier alpha value is -2.76. The van der Waals surface area contributed by atoms with E-state index < -0.39 is 5.97 Å². The molecule has 4 rings (SSSR count). The fourth-order valence-corrected chi connectivity index (χ4v) is 3.89. The molecule has 0 spiro atoms. The lowest BCUT2D eigenvalue weighted by atomic mass is 9.80. The van der Waals surface area contributed by atoms with Crippen molar-refractivity contribution in [2.24, 2.45) is 5.92 Å². The molecule has 1 aliphatic heterocycles. The number of carbonyl (C=O) groups is 2. The van der Waals surface area contributed by atoms with Crippen LogP contribution in [0.3, 0.4) is 0 Å². The van der Waals surface area contributed by atoms with Crippen LogP contribution in [0.25, 0.3) is 0 Å². The van der Waals surface area contributed by atoms with Crippen molar-refractivity contribution in [3.8, 4) is 0 Å². The molecule has 6 heteroatoms. The van der Waals surface area contributed by atoms with Crippen molar-refractivity contribution in [3.05, 3.63) is 53.5 Å². The lowest BCUT2D eigenvalue weighted by molar-refractivity contribution is -0.145. The molecule has 2 aliphatic rings. The first kappa shape index (κ1) is 16.7. The minimum absolute atomic E-state index is 0.0715. The Labute approximate surface area is 151 Å². The number of carboxylic acids is 1. The Balaban J connectivity index is 1.44. The Morgan fingerprint density at radius 2 is 2.04 bits per heavy atom. The van der Waals surface area contributed by atoms with Crippen LogP contribution in [0.5, 0.6) is 0 Å².